The second-order valence-electron chi connectivity index (χ2n) is 3.92. The Labute approximate surface area is 87.6 Å². The SMILES string of the molecule is COCC(=O)CN1C(=O)NC(C)(C)C1=O. The van der Waals surface area contributed by atoms with Crippen LogP contribution in [0.1, 0.15) is 13.8 Å². The molecule has 1 N–H and O–H groups in total. The molecule has 15 heavy (non-hydrogen) atoms. The van der Waals surface area contributed by atoms with Gasteiger partial charge in [-0.3, -0.25) is 14.5 Å². The Balaban J connectivity index is 2.67. The number of imide groups is 1. The third kappa shape index (κ3) is 2.33. The first-order valence-corrected chi connectivity index (χ1v) is 4.53. The van der Waals surface area contributed by atoms with E-state index in [1.807, 2.05) is 0 Å². The smallest absolute Gasteiger partial charge is 0.325 e. The first-order chi connectivity index (χ1) is 6.88. The molecular weight excluding hydrogens is 200 g/mol. The van der Waals surface area contributed by atoms with Crippen LogP contribution >= 0.6 is 0 Å². The fourth-order valence-electron chi connectivity index (χ4n) is 1.34. The Morgan fingerprint density at radius 2 is 2.07 bits per heavy atom. The third-order valence-corrected chi connectivity index (χ3v) is 2.08. The average molecular weight is 214 g/mol. The fraction of sp³-hybridized carbons (Fsp3) is 0.667. The van der Waals surface area contributed by atoms with E-state index in [2.05, 4.69) is 10.1 Å². The number of amides is 3. The van der Waals surface area contributed by atoms with Gasteiger partial charge in [-0.15, -0.1) is 0 Å². The van der Waals surface area contributed by atoms with Crippen LogP contribution in [0.5, 0.6) is 0 Å². The molecule has 1 aliphatic heterocycles. The normalized spacial score (nSPS) is 19.3. The zero-order valence-electron chi connectivity index (χ0n) is 8.99. The van der Waals surface area contributed by atoms with Crippen LogP contribution in [-0.4, -0.2) is 48.4 Å². The maximum absolute atomic E-state index is 11.6. The minimum Gasteiger partial charge on any atom is -0.377 e. The van der Waals surface area contributed by atoms with Crippen molar-refractivity contribution in [2.24, 2.45) is 0 Å². The Morgan fingerprint density at radius 1 is 1.47 bits per heavy atom. The highest BCUT2D eigenvalue weighted by atomic mass is 16.5. The van der Waals surface area contributed by atoms with E-state index in [-0.39, 0.29) is 18.9 Å². The summed E-state index contributed by atoms with van der Waals surface area (Å²) < 4.78 is 4.62. The molecule has 0 aromatic heterocycles. The molecule has 0 radical (unpaired) electrons. The van der Waals surface area contributed by atoms with E-state index >= 15 is 0 Å². The lowest BCUT2D eigenvalue weighted by Crippen LogP contribution is -2.41. The summed E-state index contributed by atoms with van der Waals surface area (Å²) in [6.07, 6.45) is 0. The number of urea groups is 1. The molecule has 0 aliphatic carbocycles. The van der Waals surface area contributed by atoms with Crippen molar-refractivity contribution < 1.29 is 19.1 Å². The highest BCUT2D eigenvalue weighted by Gasteiger charge is 2.44. The molecule has 1 rings (SSSR count). The number of methoxy groups -OCH3 is 1. The summed E-state index contributed by atoms with van der Waals surface area (Å²) in [7, 11) is 1.38. The molecule has 84 valence electrons. The van der Waals surface area contributed by atoms with Gasteiger partial charge in [0.25, 0.3) is 5.91 Å². The van der Waals surface area contributed by atoms with E-state index in [9.17, 15) is 14.4 Å². The van der Waals surface area contributed by atoms with Crippen LogP contribution in [0.25, 0.3) is 0 Å². The number of rotatable bonds is 4. The predicted molar refractivity (Wildman–Crippen MR) is 51.2 cm³/mol. The Kier molecular flexibility index (Phi) is 3.09. The number of ether oxygens (including phenoxy) is 1. The van der Waals surface area contributed by atoms with E-state index in [0.29, 0.717) is 0 Å². The average Bonchev–Trinajstić information content (AvgIpc) is 2.28. The van der Waals surface area contributed by atoms with Crippen LogP contribution in [0, 0.1) is 0 Å². The zero-order valence-corrected chi connectivity index (χ0v) is 8.99. The van der Waals surface area contributed by atoms with Gasteiger partial charge in [0, 0.05) is 7.11 Å². The van der Waals surface area contributed by atoms with Crippen LogP contribution in [0.3, 0.4) is 0 Å². The quantitative estimate of drug-likeness (QED) is 0.642. The summed E-state index contributed by atoms with van der Waals surface area (Å²) in [4.78, 5) is 35.1. The molecule has 6 nitrogen and oxygen atoms in total. The van der Waals surface area contributed by atoms with Crippen molar-refractivity contribution in [2.45, 2.75) is 19.4 Å². The lowest BCUT2D eigenvalue weighted by molar-refractivity contribution is -0.134. The van der Waals surface area contributed by atoms with E-state index in [1.165, 1.54) is 7.11 Å². The third-order valence-electron chi connectivity index (χ3n) is 2.08. The summed E-state index contributed by atoms with van der Waals surface area (Å²) >= 11 is 0. The Hall–Kier alpha value is -1.43. The standard InChI is InChI=1S/C9H14N2O4/c1-9(2)7(13)11(8(14)10-9)4-6(12)5-15-3/h4-5H2,1-3H3,(H,10,14). The largest absolute Gasteiger partial charge is 0.377 e. The summed E-state index contributed by atoms with van der Waals surface area (Å²) in [6, 6.07) is -0.533. The molecule has 0 bridgehead atoms. The van der Waals surface area contributed by atoms with E-state index in [4.69, 9.17) is 0 Å². The zero-order chi connectivity index (χ0) is 11.6. The molecule has 0 spiro atoms. The number of carbonyl (C=O) groups is 3. The lowest BCUT2D eigenvalue weighted by atomic mass is 10.1. The number of hydrogen-bond donors (Lipinski definition) is 1. The molecule has 0 atom stereocenters. The van der Waals surface area contributed by atoms with Gasteiger partial charge < -0.3 is 10.1 Å². The van der Waals surface area contributed by atoms with Gasteiger partial charge in [-0.2, -0.15) is 0 Å². The maximum atomic E-state index is 11.6. The number of ketones is 1. The number of Topliss-reactive ketones (excluding diaryl/α,β-unsaturated/α-hetero) is 1. The first kappa shape index (κ1) is 11.6. The number of nitrogens with one attached hydrogen (secondary N) is 1. The van der Waals surface area contributed by atoms with E-state index < -0.39 is 17.5 Å². The highest BCUT2D eigenvalue weighted by molar-refractivity contribution is 6.08. The van der Waals surface area contributed by atoms with Crippen molar-refractivity contribution in [3.05, 3.63) is 0 Å². The number of carbonyl (C=O) groups excluding carboxylic acids is 3. The molecule has 1 aliphatic rings. The molecule has 0 aromatic carbocycles. The predicted octanol–water partition coefficient (Wildman–Crippen LogP) is -0.468. The molecule has 0 saturated carbocycles. The molecule has 6 heteroatoms. The molecule has 3 amide bonds. The van der Waals surface area contributed by atoms with Gasteiger partial charge in [0.1, 0.15) is 12.1 Å². The van der Waals surface area contributed by atoms with Crippen LogP contribution in [0.2, 0.25) is 0 Å². The molecule has 1 saturated heterocycles. The molecular formula is C9H14N2O4. The van der Waals surface area contributed by atoms with Gasteiger partial charge in [-0.05, 0) is 13.8 Å². The highest BCUT2D eigenvalue weighted by Crippen LogP contribution is 2.15. The summed E-state index contributed by atoms with van der Waals surface area (Å²) in [5.41, 5.74) is -0.926. The van der Waals surface area contributed by atoms with Gasteiger partial charge in [0.05, 0.1) is 6.54 Å². The molecule has 1 fully saturated rings. The maximum Gasteiger partial charge on any atom is 0.325 e. The first-order valence-electron chi connectivity index (χ1n) is 4.53. The second kappa shape index (κ2) is 3.98. The van der Waals surface area contributed by atoms with Gasteiger partial charge in [-0.1, -0.05) is 0 Å². The topological polar surface area (TPSA) is 75.7 Å². The monoisotopic (exact) mass is 214 g/mol. The molecule has 0 unspecified atom stereocenters. The van der Waals surface area contributed by atoms with Crippen LogP contribution in [0.4, 0.5) is 4.79 Å². The Bertz CT molecular complexity index is 311. The minimum atomic E-state index is -0.926. The van der Waals surface area contributed by atoms with Crippen molar-refractivity contribution in [3.8, 4) is 0 Å². The van der Waals surface area contributed by atoms with E-state index in [1.54, 1.807) is 13.8 Å². The van der Waals surface area contributed by atoms with Gasteiger partial charge in [-0.25, -0.2) is 4.79 Å². The number of hydrogen-bond acceptors (Lipinski definition) is 4. The van der Waals surface area contributed by atoms with Crippen molar-refractivity contribution in [1.82, 2.24) is 10.2 Å². The Morgan fingerprint density at radius 3 is 2.47 bits per heavy atom. The summed E-state index contributed by atoms with van der Waals surface area (Å²) in [6.45, 7) is 2.85. The van der Waals surface area contributed by atoms with Crippen molar-refractivity contribution >= 4 is 17.7 Å². The number of nitrogens with zero attached hydrogens (tertiary/aromatic N) is 1. The minimum absolute atomic E-state index is 0.0997. The second-order valence-corrected chi connectivity index (χ2v) is 3.92. The van der Waals surface area contributed by atoms with E-state index in [0.717, 1.165) is 4.90 Å². The van der Waals surface area contributed by atoms with Crippen LogP contribution in [0.15, 0.2) is 0 Å². The van der Waals surface area contributed by atoms with Crippen molar-refractivity contribution in [2.75, 3.05) is 20.3 Å². The van der Waals surface area contributed by atoms with Crippen molar-refractivity contribution in [3.63, 3.8) is 0 Å². The van der Waals surface area contributed by atoms with Gasteiger partial charge in [0.2, 0.25) is 0 Å². The summed E-state index contributed by atoms with van der Waals surface area (Å²) in [5, 5.41) is 2.48. The molecule has 0 aromatic rings. The molecule has 1 heterocycles. The lowest BCUT2D eigenvalue weighted by Gasteiger charge is -2.15. The fourth-order valence-corrected chi connectivity index (χ4v) is 1.34. The van der Waals surface area contributed by atoms with Gasteiger partial charge in [0.15, 0.2) is 5.78 Å². The van der Waals surface area contributed by atoms with Crippen molar-refractivity contribution in [1.29, 1.82) is 0 Å². The van der Waals surface area contributed by atoms with Crippen LogP contribution < -0.4 is 5.32 Å². The van der Waals surface area contributed by atoms with Crippen LogP contribution in [-0.2, 0) is 14.3 Å². The van der Waals surface area contributed by atoms with Gasteiger partial charge >= 0.3 is 6.03 Å². The summed E-state index contributed by atoms with van der Waals surface area (Å²) in [5.74, 6) is -0.698.